The third-order valence-electron chi connectivity index (χ3n) is 5.61. The van der Waals surface area contributed by atoms with Gasteiger partial charge in [0.05, 0.1) is 18.9 Å². The molecule has 0 radical (unpaired) electrons. The van der Waals surface area contributed by atoms with E-state index in [4.69, 9.17) is 14.1 Å². The second-order valence-electron chi connectivity index (χ2n) is 8.33. The van der Waals surface area contributed by atoms with Gasteiger partial charge < -0.3 is 24.7 Å². The van der Waals surface area contributed by atoms with Crippen molar-refractivity contribution in [2.45, 2.75) is 64.5 Å². The number of carbonyl (C=O) groups is 1. The summed E-state index contributed by atoms with van der Waals surface area (Å²) in [5, 5.41) is 7.02. The number of nitrogens with zero attached hydrogens (tertiary/aromatic N) is 2. The minimum absolute atomic E-state index is 0. The molecule has 0 aliphatic carbocycles. The Labute approximate surface area is 197 Å². The molecule has 1 aromatic heterocycles. The Hall–Kier alpha value is -1.29. The molecule has 0 saturated carbocycles. The average molecular weight is 532 g/mol. The fourth-order valence-corrected chi connectivity index (χ4v) is 3.86. The van der Waals surface area contributed by atoms with Crippen molar-refractivity contribution in [2.24, 2.45) is 10.9 Å². The van der Waals surface area contributed by atoms with E-state index in [1.54, 1.807) is 6.26 Å². The number of amides is 1. The van der Waals surface area contributed by atoms with Gasteiger partial charge in [-0.2, -0.15) is 0 Å². The van der Waals surface area contributed by atoms with E-state index in [0.29, 0.717) is 12.6 Å². The number of likely N-dealkylation sites (tertiary alicyclic amines) is 1. The van der Waals surface area contributed by atoms with Gasteiger partial charge in [0.15, 0.2) is 5.96 Å². The Kier molecular flexibility index (Phi) is 11.0. The summed E-state index contributed by atoms with van der Waals surface area (Å²) >= 11 is 0. The fourth-order valence-electron chi connectivity index (χ4n) is 3.86. The molecule has 170 valence electrons. The molecule has 1 aromatic rings. The standard InChI is InChI=1S/C22H36N4O3.HI/c1-17(2)21(27)26-12-9-18(10-13-26)25-22(23-11-8-19-7-5-15-28-19)24-16-20-6-3-4-14-29-20;/h5,7,15,17-18,20H,3-4,6,8-14,16H2,1-2H3,(H2,23,24,25);1H. The summed E-state index contributed by atoms with van der Waals surface area (Å²) in [6.07, 6.45) is 8.08. The number of guanidine groups is 1. The maximum Gasteiger partial charge on any atom is 0.225 e. The number of nitrogens with one attached hydrogen (secondary N) is 2. The topological polar surface area (TPSA) is 79.1 Å². The SMILES string of the molecule is CC(C)C(=O)N1CCC(NC(=NCC2CCCCO2)NCCc2ccco2)CC1.I. The lowest BCUT2D eigenvalue weighted by atomic mass is 10.0. The first-order chi connectivity index (χ1) is 14.1. The highest BCUT2D eigenvalue weighted by molar-refractivity contribution is 14.0. The smallest absolute Gasteiger partial charge is 0.225 e. The highest BCUT2D eigenvalue weighted by Gasteiger charge is 2.25. The number of furan rings is 1. The first kappa shape index (κ1) is 25.0. The molecule has 8 heteroatoms. The van der Waals surface area contributed by atoms with Crippen molar-refractivity contribution in [3.05, 3.63) is 24.2 Å². The van der Waals surface area contributed by atoms with Crippen LogP contribution in [0.15, 0.2) is 27.8 Å². The number of halogens is 1. The van der Waals surface area contributed by atoms with Crippen LogP contribution in [0.3, 0.4) is 0 Å². The van der Waals surface area contributed by atoms with Gasteiger partial charge in [0.1, 0.15) is 5.76 Å². The van der Waals surface area contributed by atoms with E-state index in [1.807, 2.05) is 30.9 Å². The second-order valence-corrected chi connectivity index (χ2v) is 8.33. The molecule has 1 atom stereocenters. The van der Waals surface area contributed by atoms with E-state index in [9.17, 15) is 4.79 Å². The number of rotatable bonds is 7. The molecular weight excluding hydrogens is 495 g/mol. The maximum absolute atomic E-state index is 12.2. The predicted molar refractivity (Wildman–Crippen MR) is 129 cm³/mol. The van der Waals surface area contributed by atoms with Gasteiger partial charge in [-0.15, -0.1) is 24.0 Å². The molecule has 30 heavy (non-hydrogen) atoms. The summed E-state index contributed by atoms with van der Waals surface area (Å²) < 4.78 is 11.2. The van der Waals surface area contributed by atoms with E-state index in [0.717, 1.165) is 70.1 Å². The molecular formula is C22H37IN4O3. The van der Waals surface area contributed by atoms with Crippen LogP contribution in [0.2, 0.25) is 0 Å². The Bertz CT molecular complexity index is 637. The highest BCUT2D eigenvalue weighted by atomic mass is 127. The molecule has 2 aliphatic heterocycles. The van der Waals surface area contributed by atoms with Crippen LogP contribution in [0.25, 0.3) is 0 Å². The molecule has 2 fully saturated rings. The number of aliphatic imine (C=N–C) groups is 1. The molecule has 7 nitrogen and oxygen atoms in total. The van der Waals surface area contributed by atoms with Crippen LogP contribution in [0.1, 0.15) is 51.7 Å². The van der Waals surface area contributed by atoms with Gasteiger partial charge in [-0.3, -0.25) is 9.79 Å². The number of carbonyl (C=O) groups excluding carboxylic acids is 1. The van der Waals surface area contributed by atoms with E-state index in [2.05, 4.69) is 10.6 Å². The van der Waals surface area contributed by atoms with Crippen LogP contribution < -0.4 is 10.6 Å². The van der Waals surface area contributed by atoms with Crippen LogP contribution in [-0.4, -0.2) is 61.7 Å². The summed E-state index contributed by atoms with van der Waals surface area (Å²) in [4.78, 5) is 19.0. The number of hydrogen-bond donors (Lipinski definition) is 2. The quantitative estimate of drug-likeness (QED) is 0.321. The lowest BCUT2D eigenvalue weighted by molar-refractivity contribution is -0.135. The Morgan fingerprint density at radius 2 is 2.07 bits per heavy atom. The third-order valence-corrected chi connectivity index (χ3v) is 5.61. The van der Waals surface area contributed by atoms with Gasteiger partial charge in [-0.1, -0.05) is 13.8 Å². The summed E-state index contributed by atoms with van der Waals surface area (Å²) in [6, 6.07) is 4.23. The Morgan fingerprint density at radius 3 is 2.70 bits per heavy atom. The van der Waals surface area contributed by atoms with Crippen molar-refractivity contribution in [3.63, 3.8) is 0 Å². The van der Waals surface area contributed by atoms with Gasteiger partial charge in [0.2, 0.25) is 5.91 Å². The number of hydrogen-bond acceptors (Lipinski definition) is 4. The van der Waals surface area contributed by atoms with Gasteiger partial charge in [0, 0.05) is 44.6 Å². The molecule has 3 heterocycles. The van der Waals surface area contributed by atoms with Gasteiger partial charge in [-0.25, -0.2) is 0 Å². The first-order valence-electron chi connectivity index (χ1n) is 11.1. The monoisotopic (exact) mass is 532 g/mol. The summed E-state index contributed by atoms with van der Waals surface area (Å²) in [5.41, 5.74) is 0. The fraction of sp³-hybridized carbons (Fsp3) is 0.727. The van der Waals surface area contributed by atoms with Crippen molar-refractivity contribution >= 4 is 35.8 Å². The van der Waals surface area contributed by atoms with E-state index in [-0.39, 0.29) is 41.9 Å². The van der Waals surface area contributed by atoms with Crippen LogP contribution in [0.4, 0.5) is 0 Å². The highest BCUT2D eigenvalue weighted by Crippen LogP contribution is 2.14. The molecule has 3 rings (SSSR count). The second kappa shape index (κ2) is 13.2. The zero-order valence-corrected chi connectivity index (χ0v) is 20.6. The third kappa shape index (κ3) is 8.09. The van der Waals surface area contributed by atoms with Crippen molar-refractivity contribution in [2.75, 3.05) is 32.8 Å². The van der Waals surface area contributed by atoms with Crippen molar-refractivity contribution < 1.29 is 13.9 Å². The molecule has 2 saturated heterocycles. The zero-order valence-electron chi connectivity index (χ0n) is 18.3. The van der Waals surface area contributed by atoms with Crippen LogP contribution in [-0.2, 0) is 16.0 Å². The van der Waals surface area contributed by atoms with E-state index in [1.165, 1.54) is 6.42 Å². The molecule has 1 amide bonds. The molecule has 1 unspecified atom stereocenters. The minimum Gasteiger partial charge on any atom is -0.469 e. The predicted octanol–water partition coefficient (Wildman–Crippen LogP) is 3.19. The lowest BCUT2D eigenvalue weighted by Gasteiger charge is -2.34. The molecule has 0 spiro atoms. The molecule has 2 aliphatic rings. The largest absolute Gasteiger partial charge is 0.469 e. The van der Waals surface area contributed by atoms with Crippen molar-refractivity contribution in [1.29, 1.82) is 0 Å². The maximum atomic E-state index is 12.2. The van der Waals surface area contributed by atoms with Crippen molar-refractivity contribution in [1.82, 2.24) is 15.5 Å². The summed E-state index contributed by atoms with van der Waals surface area (Å²) in [5.74, 6) is 2.12. The van der Waals surface area contributed by atoms with Gasteiger partial charge in [-0.05, 0) is 44.2 Å². The first-order valence-corrected chi connectivity index (χ1v) is 11.1. The van der Waals surface area contributed by atoms with Crippen LogP contribution in [0, 0.1) is 5.92 Å². The Morgan fingerprint density at radius 1 is 1.27 bits per heavy atom. The average Bonchev–Trinajstić information content (AvgIpc) is 3.26. The van der Waals surface area contributed by atoms with Gasteiger partial charge in [0.25, 0.3) is 0 Å². The van der Waals surface area contributed by atoms with Crippen LogP contribution in [0.5, 0.6) is 0 Å². The van der Waals surface area contributed by atoms with Gasteiger partial charge >= 0.3 is 0 Å². The van der Waals surface area contributed by atoms with Crippen LogP contribution >= 0.6 is 24.0 Å². The van der Waals surface area contributed by atoms with Crippen molar-refractivity contribution in [3.8, 4) is 0 Å². The zero-order chi connectivity index (χ0) is 20.5. The minimum atomic E-state index is 0. The molecule has 0 bridgehead atoms. The molecule has 2 N–H and O–H groups in total. The number of piperidine rings is 1. The summed E-state index contributed by atoms with van der Waals surface area (Å²) in [7, 11) is 0. The summed E-state index contributed by atoms with van der Waals surface area (Å²) in [6.45, 7) is 7.83. The van der Waals surface area contributed by atoms with E-state index < -0.39 is 0 Å². The lowest BCUT2D eigenvalue weighted by Crippen LogP contribution is -2.50. The molecule has 0 aromatic carbocycles. The normalized spacial score (nSPS) is 20.7. The van der Waals surface area contributed by atoms with E-state index >= 15 is 0 Å². The number of ether oxygens (including phenoxy) is 1. The Balaban J connectivity index is 0.00000320.